The first-order chi connectivity index (χ1) is 61.6. The average molecular weight is 1800 g/mol. The fourth-order valence-electron chi connectivity index (χ4n) is 16.7. The number of aliphatic hydroxyl groups excluding tert-OH is 1. The number of ether oxygens (including phenoxy) is 4. The molecule has 129 heavy (non-hydrogen) atoms. The second-order valence-electron chi connectivity index (χ2n) is 34.0. The third-order valence-electron chi connectivity index (χ3n) is 23.9. The molecule has 698 valence electrons. The molecule has 1 aromatic heterocycles. The van der Waals surface area contributed by atoms with Crippen LogP contribution in [0.4, 0.5) is 17.6 Å². The van der Waals surface area contributed by atoms with Gasteiger partial charge in [-0.25, -0.2) is 9.18 Å². The van der Waals surface area contributed by atoms with E-state index >= 15 is 38.0 Å². The van der Waals surface area contributed by atoms with E-state index < -0.39 is 205 Å². The molecular formula is C90H116F4N15O20+. The van der Waals surface area contributed by atoms with Crippen LogP contribution in [0, 0.1) is 5.82 Å². The van der Waals surface area contributed by atoms with Crippen molar-refractivity contribution in [3.05, 3.63) is 149 Å². The number of nitrogens with zero attached hydrogens (tertiary/aromatic N) is 6. The molecule has 10 atom stereocenters. The molecule has 4 aromatic carbocycles. The summed E-state index contributed by atoms with van der Waals surface area (Å²) in [4.78, 5) is 217. The maximum absolute atomic E-state index is 16.3. The SMILES string of the molecule is COc1ccc(C[C@@H]2NC(=O)[C@H]([C@@H](C)O)NC(=O)C[C@@H]3[C@@H]4CCN3C(=O)[C@@H]3Cc5cn(c6ccc(F)cc56)C/C=C/CCCN(Cc5ccc(cc5)CCNC(=O)[C@]5(C)CCCN5C2=O)C(=O)CCC(=O)N[C@H]2CN(C(=O)CCOCCOCC[N+](C)(C)OC(=O)C(F)(F)F)CCCCC(=O)NC[C@@H](NC2=O)C(=O)N[C@@H](Cc2cccc(c2)CNC(=O)CO4)C(=O)N3)cc1. The Morgan fingerprint density at radius 1 is 0.651 bits per heavy atom. The van der Waals surface area contributed by atoms with Crippen molar-refractivity contribution in [1.82, 2.24) is 72.0 Å². The number of fused-ring (bicyclic) bond motifs is 20. The monoisotopic (exact) mass is 1800 g/mol. The van der Waals surface area contributed by atoms with E-state index in [1.807, 2.05) is 41.0 Å². The zero-order valence-electron chi connectivity index (χ0n) is 73.1. The van der Waals surface area contributed by atoms with Crippen LogP contribution in [0.15, 0.2) is 109 Å². The van der Waals surface area contributed by atoms with Gasteiger partial charge in [0.2, 0.25) is 76.8 Å². The number of hydrogen-bond donors (Lipinski definition) is 10. The number of benzene rings is 4. The predicted octanol–water partition coefficient (Wildman–Crippen LogP) is 1.97. The van der Waals surface area contributed by atoms with Gasteiger partial charge in [-0.2, -0.15) is 13.2 Å². The highest BCUT2D eigenvalue weighted by Crippen LogP contribution is 2.33. The third-order valence-corrected chi connectivity index (χ3v) is 23.9. The maximum atomic E-state index is 16.3. The van der Waals surface area contributed by atoms with Crippen LogP contribution >= 0.6 is 0 Å². The van der Waals surface area contributed by atoms with Gasteiger partial charge in [-0.05, 0) is 129 Å². The average Bonchev–Trinajstić information content (AvgIpc) is 1.67. The Morgan fingerprint density at radius 3 is 2.12 bits per heavy atom. The lowest BCUT2D eigenvalue weighted by atomic mass is 9.95. The van der Waals surface area contributed by atoms with Crippen LogP contribution in [-0.4, -0.2) is 289 Å². The van der Waals surface area contributed by atoms with Crippen LogP contribution in [0.25, 0.3) is 10.9 Å². The van der Waals surface area contributed by atoms with E-state index in [1.54, 1.807) is 72.6 Å². The van der Waals surface area contributed by atoms with Crippen molar-refractivity contribution >= 4 is 93.7 Å². The molecule has 39 heteroatoms. The Bertz CT molecular complexity index is 4900. The summed E-state index contributed by atoms with van der Waals surface area (Å²) in [5.41, 5.74) is 2.33. The van der Waals surface area contributed by atoms with Gasteiger partial charge in [-0.1, -0.05) is 72.8 Å². The van der Waals surface area contributed by atoms with Crippen molar-refractivity contribution in [2.24, 2.45) is 0 Å². The molecule has 14 bridgehead atoms. The number of carbonyl (C=O) groups excluding carboxylic acids is 14. The van der Waals surface area contributed by atoms with Crippen LogP contribution < -0.4 is 52.6 Å². The first-order valence-electron chi connectivity index (χ1n) is 43.7. The van der Waals surface area contributed by atoms with Crippen LogP contribution in [0.3, 0.4) is 0 Å². The van der Waals surface area contributed by atoms with Crippen LogP contribution in [0.1, 0.15) is 124 Å². The number of hydrogen-bond acceptors (Lipinski definition) is 20. The molecule has 3 saturated heterocycles. The molecule has 12 rings (SSSR count). The van der Waals surface area contributed by atoms with Crippen molar-refractivity contribution in [2.45, 2.75) is 202 Å². The van der Waals surface area contributed by atoms with E-state index in [-0.39, 0.29) is 137 Å². The lowest BCUT2D eigenvalue weighted by Gasteiger charge is -2.37. The highest BCUT2D eigenvalue weighted by atomic mass is 19.4. The molecule has 3 fully saturated rings. The zero-order valence-corrected chi connectivity index (χ0v) is 73.1. The second kappa shape index (κ2) is 45.4. The highest BCUT2D eigenvalue weighted by molar-refractivity contribution is 5.99. The first-order valence-corrected chi connectivity index (χ1v) is 43.7. The smallest absolute Gasteiger partial charge is 0.497 e. The lowest BCUT2D eigenvalue weighted by Crippen LogP contribution is -2.62. The van der Waals surface area contributed by atoms with Gasteiger partial charge in [0.15, 0.2) is 0 Å². The van der Waals surface area contributed by atoms with E-state index in [0.717, 1.165) is 5.56 Å². The number of carbonyl (C=O) groups is 14. The molecule has 8 heterocycles. The quantitative estimate of drug-likeness (QED) is 0.0250. The van der Waals surface area contributed by atoms with E-state index in [1.165, 1.54) is 55.0 Å². The number of halogens is 4. The van der Waals surface area contributed by atoms with Gasteiger partial charge in [-0.15, -0.1) is 4.65 Å². The molecule has 7 aliphatic rings. The number of allylic oxidation sites excluding steroid dienone is 2. The molecule has 0 spiro atoms. The van der Waals surface area contributed by atoms with E-state index in [4.69, 9.17) is 18.9 Å². The number of likely N-dealkylation sites (N-methyl/N-ethyl adjacent to an activating group) is 1. The molecule has 35 nitrogen and oxygen atoms in total. The molecule has 0 unspecified atom stereocenters. The number of hydroxylamine groups is 3. The first kappa shape index (κ1) is 97.7. The minimum absolute atomic E-state index is 0.0248. The van der Waals surface area contributed by atoms with E-state index in [9.17, 15) is 51.8 Å². The standard InChI is InChI=1S/C90H115F4N15O20/c1-56(110)80-84(120)101-67(45-58-21-24-64(125-5)25-22-58)86(122)108-37-13-32-89(108,2)87(123)95-33-29-57-17-19-59(20-18-57)52-105-35-10-7-6-9-34-104-53-62(65-48-63(91)23-26-71(65)104)47-68-85(121)107-38-30-73(72(107)49-76(113)103-80)128-55-77(114)96-50-61-15-12-14-60(44-61)46-66(81(117)100-68)99-82(118)69-51-97-74(111)16-8-11-36-106(54-70(83(119)102-69)98-75(112)27-28-78(105)115)79(116)31-40-126-42-43-127-41-39-109(3,4)129-88(124)90(92,93)94/h6,9,12,14-15,17-26,44,48,53,56,66-70,72-73,80,110H,7-8,10-11,13,16,27-43,45-47,49-52,54-55H2,1-5H3,(H8-,95,96,97,98,99,100,101,102,103,111,112,113,114,117,118,119,120,123)/p+1/b9-6+/t56-,66+,67+,68+,69-,70+,72-,73+,80+,89+/m1/s1. The van der Waals surface area contributed by atoms with Gasteiger partial charge in [-0.3, -0.25) is 67.2 Å². The summed E-state index contributed by atoms with van der Waals surface area (Å²) in [6, 6.07) is 13.2. The fourth-order valence-corrected chi connectivity index (χ4v) is 16.7. The van der Waals surface area contributed by atoms with Gasteiger partial charge < -0.3 is 96.1 Å². The Hall–Kier alpha value is -11.9. The van der Waals surface area contributed by atoms with Crippen LogP contribution in [0.2, 0.25) is 0 Å². The summed E-state index contributed by atoms with van der Waals surface area (Å²) in [6.45, 7) is 0.545. The minimum atomic E-state index is -5.22. The largest absolute Gasteiger partial charge is 0.497 e. The summed E-state index contributed by atoms with van der Waals surface area (Å²) in [7, 11) is 3.93. The van der Waals surface area contributed by atoms with Crippen LogP contribution in [-0.2, 0) is 131 Å². The zero-order chi connectivity index (χ0) is 92.7. The number of quaternary nitrogens is 1. The molecule has 13 amide bonds. The molecule has 0 radical (unpaired) electrons. The molecule has 10 N–H and O–H groups in total. The van der Waals surface area contributed by atoms with Crippen LogP contribution in [0.5, 0.6) is 5.75 Å². The second-order valence-corrected chi connectivity index (χ2v) is 34.0. The number of rotatable bonds is 14. The topological polar surface area (TPSA) is 432 Å². The molecule has 0 saturated carbocycles. The Balaban J connectivity index is 0.978. The van der Waals surface area contributed by atoms with Crippen molar-refractivity contribution in [3.63, 3.8) is 0 Å². The summed E-state index contributed by atoms with van der Waals surface area (Å²) >= 11 is 0. The van der Waals surface area contributed by atoms with E-state index in [0.29, 0.717) is 70.2 Å². The fraction of sp³-hybridized carbons (Fsp3) is 0.533. The van der Waals surface area contributed by atoms with Crippen molar-refractivity contribution in [1.29, 1.82) is 0 Å². The van der Waals surface area contributed by atoms with Gasteiger partial charge >= 0.3 is 12.1 Å². The summed E-state index contributed by atoms with van der Waals surface area (Å²) < 4.78 is 78.7. The molecular weight excluding hydrogens is 1690 g/mol. The Labute approximate surface area is 744 Å². The Kier molecular flexibility index (Phi) is 34.3. The van der Waals surface area contributed by atoms with Crippen molar-refractivity contribution in [2.75, 3.05) is 107 Å². The van der Waals surface area contributed by atoms with Crippen molar-refractivity contribution < 1.29 is 118 Å². The number of amides is 13. The summed E-state index contributed by atoms with van der Waals surface area (Å²) in [6.07, 6.45) is -3.49. The molecule has 0 aliphatic carbocycles. The number of alkyl halides is 3. The molecule has 7 aliphatic heterocycles. The minimum Gasteiger partial charge on any atom is -0.497 e. The number of aliphatic hydroxyl groups is 1. The number of nitrogens with one attached hydrogen (secondary N) is 9. The van der Waals surface area contributed by atoms with Gasteiger partial charge in [0.1, 0.15) is 80.6 Å². The maximum Gasteiger partial charge on any atom is 0.497 e. The number of aromatic nitrogens is 1. The van der Waals surface area contributed by atoms with E-state index in [2.05, 4.69) is 52.7 Å². The third kappa shape index (κ3) is 27.6. The normalized spacial score (nSPS) is 24.5. The van der Waals surface area contributed by atoms with Gasteiger partial charge in [0.25, 0.3) is 0 Å². The molecule has 5 aromatic rings. The lowest BCUT2D eigenvalue weighted by molar-refractivity contribution is -1.06. The van der Waals surface area contributed by atoms with Crippen molar-refractivity contribution in [3.8, 4) is 5.75 Å². The highest BCUT2D eigenvalue weighted by Gasteiger charge is 2.50. The summed E-state index contributed by atoms with van der Waals surface area (Å²) in [5, 5.41) is 36.9. The van der Waals surface area contributed by atoms with Gasteiger partial charge in [0, 0.05) is 127 Å². The predicted molar refractivity (Wildman–Crippen MR) is 456 cm³/mol. The van der Waals surface area contributed by atoms with Gasteiger partial charge in [0.05, 0.1) is 58.2 Å². The Morgan fingerprint density at radius 2 is 1.37 bits per heavy atom. The summed E-state index contributed by atoms with van der Waals surface area (Å²) in [5.74, 6) is -12.8. The number of methoxy groups -OCH3 is 1.